The zero-order valence-corrected chi connectivity index (χ0v) is 10.4. The number of amides is 4. The monoisotopic (exact) mass is 254 g/mol. The zero-order valence-electron chi connectivity index (χ0n) is 10.4. The Morgan fingerprint density at radius 1 is 0.833 bits per heavy atom. The van der Waals surface area contributed by atoms with Crippen LogP contribution >= 0.6 is 0 Å². The van der Waals surface area contributed by atoms with E-state index in [4.69, 9.17) is 0 Å². The van der Waals surface area contributed by atoms with Crippen molar-refractivity contribution >= 4 is 17.8 Å². The van der Waals surface area contributed by atoms with Crippen LogP contribution in [0.2, 0.25) is 0 Å². The first kappa shape index (κ1) is 15.7. The van der Waals surface area contributed by atoms with Crippen molar-refractivity contribution in [3.8, 4) is 0 Å². The van der Waals surface area contributed by atoms with Crippen LogP contribution in [0.1, 0.15) is 13.8 Å². The van der Waals surface area contributed by atoms with Gasteiger partial charge in [0.05, 0.1) is 0 Å². The van der Waals surface area contributed by atoms with Crippen LogP contribution < -0.4 is 21.3 Å². The molecule has 18 heavy (non-hydrogen) atoms. The lowest BCUT2D eigenvalue weighted by Crippen LogP contribution is -2.54. The van der Waals surface area contributed by atoms with E-state index in [0.29, 0.717) is 0 Å². The van der Waals surface area contributed by atoms with Crippen molar-refractivity contribution in [1.29, 1.82) is 0 Å². The van der Waals surface area contributed by atoms with E-state index in [1.807, 2.05) is 0 Å². The molecule has 2 unspecified atom stereocenters. The minimum absolute atomic E-state index is 0.393. The summed E-state index contributed by atoms with van der Waals surface area (Å²) in [5, 5.41) is 9.83. The van der Waals surface area contributed by atoms with Crippen molar-refractivity contribution in [1.82, 2.24) is 21.3 Å². The first-order valence-corrected chi connectivity index (χ1v) is 5.32. The van der Waals surface area contributed by atoms with E-state index in [1.165, 1.54) is 0 Å². The fraction of sp³-hybridized carbons (Fsp3) is 0.364. The maximum absolute atomic E-state index is 11.4. The van der Waals surface area contributed by atoms with Gasteiger partial charge in [-0.05, 0) is 26.0 Å². The van der Waals surface area contributed by atoms with Gasteiger partial charge in [0, 0.05) is 0 Å². The first-order valence-electron chi connectivity index (χ1n) is 5.32. The smallest absolute Gasteiger partial charge is 0.317 e. The SMILES string of the molecule is C=CC(=O)NC(C)NC(=O)NC(C)NC(=O)C=C. The average molecular weight is 254 g/mol. The van der Waals surface area contributed by atoms with E-state index < -0.39 is 30.2 Å². The third-order valence-electron chi connectivity index (χ3n) is 1.78. The van der Waals surface area contributed by atoms with Crippen LogP contribution in [0, 0.1) is 0 Å². The average Bonchev–Trinajstić information content (AvgIpc) is 2.27. The predicted octanol–water partition coefficient (Wildman–Crippen LogP) is -0.418. The molecule has 0 radical (unpaired) electrons. The molecule has 0 bridgehead atoms. The number of carbonyl (C=O) groups is 3. The minimum atomic E-state index is -0.558. The highest BCUT2D eigenvalue weighted by molar-refractivity contribution is 5.88. The molecular weight excluding hydrogens is 236 g/mol. The lowest BCUT2D eigenvalue weighted by atomic mass is 10.4. The number of nitrogens with one attached hydrogen (secondary N) is 4. The van der Waals surface area contributed by atoms with Crippen LogP contribution in [0.4, 0.5) is 4.79 Å². The maximum atomic E-state index is 11.4. The highest BCUT2D eigenvalue weighted by Gasteiger charge is 2.11. The fourth-order valence-electron chi connectivity index (χ4n) is 1.05. The molecule has 0 fully saturated rings. The van der Waals surface area contributed by atoms with Crippen molar-refractivity contribution in [3.63, 3.8) is 0 Å². The van der Waals surface area contributed by atoms with Crippen molar-refractivity contribution in [2.75, 3.05) is 0 Å². The highest BCUT2D eigenvalue weighted by atomic mass is 16.2. The van der Waals surface area contributed by atoms with Gasteiger partial charge in [0.25, 0.3) is 0 Å². The molecule has 0 saturated carbocycles. The fourth-order valence-corrected chi connectivity index (χ4v) is 1.05. The molecule has 4 amide bonds. The second kappa shape index (κ2) is 7.88. The lowest BCUT2D eigenvalue weighted by Gasteiger charge is -2.18. The summed E-state index contributed by atoms with van der Waals surface area (Å²) in [7, 11) is 0. The lowest BCUT2D eigenvalue weighted by molar-refractivity contribution is -0.117. The molecule has 0 aliphatic carbocycles. The quantitative estimate of drug-likeness (QED) is 0.383. The van der Waals surface area contributed by atoms with Gasteiger partial charge in [-0.25, -0.2) is 4.79 Å². The maximum Gasteiger partial charge on any atom is 0.317 e. The van der Waals surface area contributed by atoms with Crippen LogP contribution in [0.3, 0.4) is 0 Å². The molecule has 0 rings (SSSR count). The van der Waals surface area contributed by atoms with Crippen LogP contribution in [0.15, 0.2) is 25.3 Å². The zero-order chi connectivity index (χ0) is 14.1. The highest BCUT2D eigenvalue weighted by Crippen LogP contribution is 1.81. The topological polar surface area (TPSA) is 99.3 Å². The Morgan fingerprint density at radius 2 is 1.17 bits per heavy atom. The predicted molar refractivity (Wildman–Crippen MR) is 67.3 cm³/mol. The molecule has 0 saturated heterocycles. The van der Waals surface area contributed by atoms with Gasteiger partial charge in [-0.3, -0.25) is 9.59 Å². The van der Waals surface area contributed by atoms with Gasteiger partial charge in [0.2, 0.25) is 11.8 Å². The Labute approximate surface area is 106 Å². The molecule has 2 atom stereocenters. The molecule has 0 heterocycles. The van der Waals surface area contributed by atoms with Crippen molar-refractivity contribution < 1.29 is 14.4 Å². The number of carbonyl (C=O) groups excluding carboxylic acids is 3. The van der Waals surface area contributed by atoms with Gasteiger partial charge < -0.3 is 21.3 Å². The number of hydrogen-bond donors (Lipinski definition) is 4. The molecule has 0 aliphatic rings. The molecule has 7 nitrogen and oxygen atoms in total. The summed E-state index contributed by atoms with van der Waals surface area (Å²) in [6.45, 7) is 9.75. The Bertz CT molecular complexity index is 322. The second-order valence-corrected chi connectivity index (χ2v) is 3.49. The van der Waals surface area contributed by atoms with Crippen LogP contribution in [0.25, 0.3) is 0 Å². The van der Waals surface area contributed by atoms with E-state index in [9.17, 15) is 14.4 Å². The normalized spacial score (nSPS) is 12.6. The molecule has 0 spiro atoms. The van der Waals surface area contributed by atoms with E-state index in [2.05, 4.69) is 34.4 Å². The van der Waals surface area contributed by atoms with Gasteiger partial charge in [0.15, 0.2) is 0 Å². The van der Waals surface area contributed by atoms with E-state index >= 15 is 0 Å². The molecule has 0 aromatic rings. The Balaban J connectivity index is 4.02. The Kier molecular flexibility index (Phi) is 6.87. The van der Waals surface area contributed by atoms with Gasteiger partial charge in [-0.2, -0.15) is 0 Å². The van der Waals surface area contributed by atoms with Gasteiger partial charge >= 0.3 is 6.03 Å². The van der Waals surface area contributed by atoms with Gasteiger partial charge in [0.1, 0.15) is 12.3 Å². The van der Waals surface area contributed by atoms with Crippen LogP contribution in [-0.4, -0.2) is 30.2 Å². The summed E-state index contributed by atoms with van der Waals surface area (Å²) in [5.41, 5.74) is 0. The van der Waals surface area contributed by atoms with E-state index in [0.717, 1.165) is 12.2 Å². The largest absolute Gasteiger partial charge is 0.333 e. The summed E-state index contributed by atoms with van der Waals surface area (Å²) in [5.74, 6) is -0.786. The first-order chi connectivity index (χ1) is 8.38. The van der Waals surface area contributed by atoms with E-state index in [-0.39, 0.29) is 0 Å². The summed E-state index contributed by atoms with van der Waals surface area (Å²) in [4.78, 5) is 33.3. The molecule has 100 valence electrons. The van der Waals surface area contributed by atoms with Gasteiger partial charge in [-0.1, -0.05) is 13.2 Å². The third kappa shape index (κ3) is 7.04. The van der Waals surface area contributed by atoms with E-state index in [1.54, 1.807) is 13.8 Å². The number of rotatable bonds is 6. The Hall–Kier alpha value is -2.31. The standard InChI is InChI=1S/C11H18N4O3/c1-5-9(16)12-7(3)14-11(18)15-8(4)13-10(17)6-2/h5-8H,1-2H2,3-4H3,(H,12,16)(H,13,17)(H2,14,15,18). The summed E-state index contributed by atoms with van der Waals surface area (Å²) in [6.07, 6.45) is 1.09. The Morgan fingerprint density at radius 3 is 1.44 bits per heavy atom. The summed E-state index contributed by atoms with van der Waals surface area (Å²) in [6, 6.07) is -0.524. The number of hydrogen-bond acceptors (Lipinski definition) is 3. The van der Waals surface area contributed by atoms with Crippen molar-refractivity contribution in [2.45, 2.75) is 26.2 Å². The molecule has 0 aliphatic heterocycles. The third-order valence-corrected chi connectivity index (χ3v) is 1.78. The molecule has 4 N–H and O–H groups in total. The second-order valence-electron chi connectivity index (χ2n) is 3.49. The molecule has 7 heteroatoms. The number of urea groups is 1. The minimum Gasteiger partial charge on any atom is -0.333 e. The summed E-state index contributed by atoms with van der Waals surface area (Å²) < 4.78 is 0. The van der Waals surface area contributed by atoms with Crippen LogP contribution in [0.5, 0.6) is 0 Å². The summed E-state index contributed by atoms with van der Waals surface area (Å²) >= 11 is 0. The van der Waals surface area contributed by atoms with Crippen molar-refractivity contribution in [2.24, 2.45) is 0 Å². The molecule has 0 aromatic carbocycles. The van der Waals surface area contributed by atoms with Gasteiger partial charge in [-0.15, -0.1) is 0 Å². The van der Waals surface area contributed by atoms with Crippen LogP contribution in [-0.2, 0) is 9.59 Å². The van der Waals surface area contributed by atoms with Crippen molar-refractivity contribution in [3.05, 3.63) is 25.3 Å². The molecular formula is C11H18N4O3. The molecule has 0 aromatic heterocycles.